The third kappa shape index (κ3) is 8.99. The molecule has 0 aromatic heterocycles. The molecule has 2 fully saturated rings. The van der Waals surface area contributed by atoms with Crippen LogP contribution in [0, 0.1) is 11.8 Å². The van der Waals surface area contributed by atoms with E-state index in [1.807, 2.05) is 13.8 Å². The van der Waals surface area contributed by atoms with Crippen LogP contribution in [0.15, 0.2) is 47.4 Å². The lowest BCUT2D eigenvalue weighted by atomic mass is 10.0. The van der Waals surface area contributed by atoms with E-state index >= 15 is 0 Å². The fourth-order valence-corrected chi connectivity index (χ4v) is 7.36. The van der Waals surface area contributed by atoms with Crippen molar-refractivity contribution in [3.05, 3.63) is 48.0 Å². The number of hydrogen-bond acceptors (Lipinski definition) is 12. The van der Waals surface area contributed by atoms with Crippen LogP contribution in [0.4, 0.5) is 9.59 Å². The van der Waals surface area contributed by atoms with Crippen LogP contribution in [0.1, 0.15) is 25.8 Å². The van der Waals surface area contributed by atoms with E-state index in [9.17, 15) is 23.1 Å². The van der Waals surface area contributed by atoms with E-state index in [4.69, 9.17) is 28.4 Å². The molecule has 0 aliphatic carbocycles. The first-order valence-corrected chi connectivity index (χ1v) is 17.3. The maximum atomic E-state index is 13.9. The normalized spacial score (nSPS) is 21.1. The largest absolute Gasteiger partial charge is 0.492 e. The molecular formula is C32H43N3O12S. The summed E-state index contributed by atoms with van der Waals surface area (Å²) in [5.74, 6) is 1.16. The van der Waals surface area contributed by atoms with E-state index < -0.39 is 46.7 Å². The molecule has 0 bridgehead atoms. The molecule has 2 saturated heterocycles. The summed E-state index contributed by atoms with van der Waals surface area (Å²) in [5, 5.41) is 16.9. The molecule has 2 aromatic rings. The minimum absolute atomic E-state index is 0.00216. The van der Waals surface area contributed by atoms with Crippen molar-refractivity contribution in [3.63, 3.8) is 0 Å². The molecule has 264 valence electrons. The third-order valence-corrected chi connectivity index (χ3v) is 9.98. The quantitative estimate of drug-likeness (QED) is 0.232. The second-order valence-electron chi connectivity index (χ2n) is 12.1. The molecular weight excluding hydrogens is 650 g/mol. The highest BCUT2D eigenvalue weighted by atomic mass is 32.2. The molecule has 16 heteroatoms. The van der Waals surface area contributed by atoms with Crippen LogP contribution < -0.4 is 24.8 Å². The second kappa shape index (κ2) is 16.0. The monoisotopic (exact) mass is 693 g/mol. The molecule has 0 saturated carbocycles. The van der Waals surface area contributed by atoms with Crippen molar-refractivity contribution in [2.24, 2.45) is 11.8 Å². The van der Waals surface area contributed by atoms with Gasteiger partial charge in [0.2, 0.25) is 16.8 Å². The van der Waals surface area contributed by atoms with E-state index in [2.05, 4.69) is 15.4 Å². The maximum absolute atomic E-state index is 13.9. The van der Waals surface area contributed by atoms with Crippen LogP contribution in [0.5, 0.6) is 17.2 Å². The molecule has 15 nitrogen and oxygen atoms in total. The summed E-state index contributed by atoms with van der Waals surface area (Å²) in [6.45, 7) is 4.73. The summed E-state index contributed by atoms with van der Waals surface area (Å²) in [7, 11) is -2.81. The van der Waals surface area contributed by atoms with Crippen molar-refractivity contribution >= 4 is 22.2 Å². The minimum Gasteiger partial charge on any atom is -0.492 e. The number of nitrogens with zero attached hydrogens (tertiary/aromatic N) is 1. The number of aliphatic hydroxyl groups is 1. The number of sulfonamides is 1. The first kappa shape index (κ1) is 35.5. The standard InChI is InChI=1S/C32H43N3O12S/c1-20(2)16-35(48(39,40)23-8-9-27-28(15-23)46-19-45-27)17-26(36)25(34-32(38)47-29-18-44-30-24(29)10-12-43-30)14-21-4-6-22(7-5-21)42-13-11-33-31(37)41-3/h4-9,15,20,24-26,29-30,36H,10-14,16-19H2,1-3H3,(H,33,37)(H,34,38)/t24?,25-,26+,29?,30?/m0/s1. The summed E-state index contributed by atoms with van der Waals surface area (Å²) >= 11 is 0. The fourth-order valence-electron chi connectivity index (χ4n) is 5.72. The van der Waals surface area contributed by atoms with E-state index in [0.717, 1.165) is 5.56 Å². The smallest absolute Gasteiger partial charge is 0.407 e. The fraction of sp³-hybridized carbons (Fsp3) is 0.562. The molecule has 3 heterocycles. The van der Waals surface area contributed by atoms with Gasteiger partial charge in [0.25, 0.3) is 0 Å². The Kier molecular flexibility index (Phi) is 11.9. The van der Waals surface area contributed by atoms with Gasteiger partial charge in [-0.2, -0.15) is 4.31 Å². The first-order valence-electron chi connectivity index (χ1n) is 15.8. The summed E-state index contributed by atoms with van der Waals surface area (Å²) in [6, 6.07) is 10.4. The van der Waals surface area contributed by atoms with E-state index in [1.165, 1.54) is 29.6 Å². The van der Waals surface area contributed by atoms with Crippen LogP contribution in [-0.4, -0.2) is 108 Å². The Labute approximate surface area is 279 Å². The Balaban J connectivity index is 1.30. The van der Waals surface area contributed by atoms with Gasteiger partial charge in [0.05, 0.1) is 49.8 Å². The van der Waals surface area contributed by atoms with Crippen molar-refractivity contribution in [3.8, 4) is 17.2 Å². The molecule has 3 N–H and O–H groups in total. The summed E-state index contributed by atoms with van der Waals surface area (Å²) in [4.78, 5) is 24.4. The molecule has 2 amide bonds. The van der Waals surface area contributed by atoms with Gasteiger partial charge < -0.3 is 48.9 Å². The highest BCUT2D eigenvalue weighted by Gasteiger charge is 2.44. The number of aliphatic hydroxyl groups excluding tert-OH is 1. The Bertz CT molecular complexity index is 1510. The van der Waals surface area contributed by atoms with Crippen molar-refractivity contribution in [2.45, 2.75) is 56.1 Å². The number of carbonyl (C=O) groups excluding carboxylic acids is 2. The topological polar surface area (TPSA) is 180 Å². The number of fused-ring (bicyclic) bond motifs is 2. The molecule has 5 atom stereocenters. The van der Waals surface area contributed by atoms with Gasteiger partial charge in [-0.05, 0) is 48.6 Å². The summed E-state index contributed by atoms with van der Waals surface area (Å²) in [6.07, 6.45) is -2.72. The number of carbonyl (C=O) groups is 2. The zero-order valence-electron chi connectivity index (χ0n) is 27.2. The van der Waals surface area contributed by atoms with Crippen LogP contribution in [0.3, 0.4) is 0 Å². The Morgan fingerprint density at radius 3 is 2.56 bits per heavy atom. The molecule has 48 heavy (non-hydrogen) atoms. The zero-order valence-corrected chi connectivity index (χ0v) is 28.0. The van der Waals surface area contributed by atoms with Crippen LogP contribution in [0.25, 0.3) is 0 Å². The molecule has 0 spiro atoms. The molecule has 5 rings (SSSR count). The number of benzene rings is 2. The summed E-state index contributed by atoms with van der Waals surface area (Å²) < 4.78 is 66.7. The van der Waals surface area contributed by atoms with Crippen LogP contribution in [0.2, 0.25) is 0 Å². The van der Waals surface area contributed by atoms with Gasteiger partial charge in [-0.3, -0.25) is 0 Å². The van der Waals surface area contributed by atoms with Crippen molar-refractivity contribution in [2.75, 3.05) is 53.4 Å². The number of methoxy groups -OCH3 is 1. The zero-order chi connectivity index (χ0) is 34.3. The molecule has 3 unspecified atom stereocenters. The number of hydrogen-bond donors (Lipinski definition) is 3. The number of rotatable bonds is 15. The maximum Gasteiger partial charge on any atom is 0.407 e. The van der Waals surface area contributed by atoms with E-state index in [-0.39, 0.29) is 62.8 Å². The van der Waals surface area contributed by atoms with Crippen LogP contribution >= 0.6 is 0 Å². The van der Waals surface area contributed by atoms with Gasteiger partial charge >= 0.3 is 12.2 Å². The minimum atomic E-state index is -4.09. The predicted octanol–water partition coefficient (Wildman–Crippen LogP) is 2.26. The van der Waals surface area contributed by atoms with Gasteiger partial charge in [-0.1, -0.05) is 26.0 Å². The van der Waals surface area contributed by atoms with Crippen molar-refractivity contribution in [1.29, 1.82) is 0 Å². The Morgan fingerprint density at radius 1 is 1.04 bits per heavy atom. The lowest BCUT2D eigenvalue weighted by Gasteiger charge is -2.31. The van der Waals surface area contributed by atoms with Crippen LogP contribution in [-0.2, 0) is 35.4 Å². The second-order valence-corrected chi connectivity index (χ2v) is 14.1. The third-order valence-electron chi connectivity index (χ3n) is 8.16. The lowest BCUT2D eigenvalue weighted by Crippen LogP contribution is -2.51. The number of alkyl carbamates (subject to hydrolysis) is 2. The molecule has 3 aliphatic rings. The molecule has 2 aromatic carbocycles. The first-order chi connectivity index (χ1) is 23.0. The van der Waals surface area contributed by atoms with Crippen molar-refractivity contribution in [1.82, 2.24) is 14.9 Å². The van der Waals surface area contributed by atoms with Gasteiger partial charge in [0.15, 0.2) is 17.8 Å². The van der Waals surface area contributed by atoms with E-state index in [1.54, 1.807) is 24.3 Å². The average molecular weight is 694 g/mol. The molecule has 0 radical (unpaired) electrons. The van der Waals surface area contributed by atoms with Gasteiger partial charge in [0.1, 0.15) is 18.5 Å². The van der Waals surface area contributed by atoms with Gasteiger partial charge in [0, 0.05) is 19.2 Å². The number of ether oxygens (including phenoxy) is 7. The number of nitrogens with one attached hydrogen (secondary N) is 2. The Morgan fingerprint density at radius 2 is 1.81 bits per heavy atom. The molecule has 3 aliphatic heterocycles. The predicted molar refractivity (Wildman–Crippen MR) is 169 cm³/mol. The van der Waals surface area contributed by atoms with Gasteiger partial charge in [-0.25, -0.2) is 18.0 Å². The highest BCUT2D eigenvalue weighted by Crippen LogP contribution is 2.35. The van der Waals surface area contributed by atoms with E-state index in [0.29, 0.717) is 30.3 Å². The van der Waals surface area contributed by atoms with Crippen molar-refractivity contribution < 1.29 is 56.3 Å². The number of amides is 2. The SMILES string of the molecule is COC(=O)NCCOc1ccc(C[C@H](NC(=O)OC2COC3OCCC23)[C@H](O)CN(CC(C)C)S(=O)(=O)c2ccc3c(c2)OCO3)cc1. The summed E-state index contributed by atoms with van der Waals surface area (Å²) in [5.41, 5.74) is 0.738. The highest BCUT2D eigenvalue weighted by molar-refractivity contribution is 7.89. The van der Waals surface area contributed by atoms with Gasteiger partial charge in [-0.15, -0.1) is 0 Å². The Hall–Kier alpha value is -3.83. The lowest BCUT2D eigenvalue weighted by molar-refractivity contribution is -0.0907. The average Bonchev–Trinajstić information content (AvgIpc) is 3.81.